The Labute approximate surface area is 177 Å². The van der Waals surface area contributed by atoms with Gasteiger partial charge in [-0.25, -0.2) is 4.79 Å². The predicted octanol–water partition coefficient (Wildman–Crippen LogP) is 5.29. The second-order valence-corrected chi connectivity index (χ2v) is 8.48. The first-order chi connectivity index (χ1) is 14.2. The predicted molar refractivity (Wildman–Crippen MR) is 118 cm³/mol. The molecule has 1 aliphatic rings. The third kappa shape index (κ3) is 4.50. The molecular formula is C25H30O5. The minimum absolute atomic E-state index is 0.121. The molecule has 0 bridgehead atoms. The third-order valence-corrected chi connectivity index (χ3v) is 6.52. The number of methoxy groups -OCH3 is 1. The van der Waals surface area contributed by atoms with E-state index in [1.807, 2.05) is 12.1 Å². The largest absolute Gasteiger partial charge is 0.493 e. The van der Waals surface area contributed by atoms with Crippen LogP contribution in [-0.4, -0.2) is 19.7 Å². The molecule has 0 unspecified atom stereocenters. The summed E-state index contributed by atoms with van der Waals surface area (Å²) in [5.41, 5.74) is 2.31. The van der Waals surface area contributed by atoms with E-state index < -0.39 is 0 Å². The molecule has 0 saturated heterocycles. The van der Waals surface area contributed by atoms with Crippen molar-refractivity contribution in [2.24, 2.45) is 17.3 Å². The summed E-state index contributed by atoms with van der Waals surface area (Å²) in [4.78, 5) is 23.4. The number of hydrogen-bond donors (Lipinski definition) is 0. The number of ether oxygens (including phenoxy) is 2. The maximum atomic E-state index is 11.9. The van der Waals surface area contributed by atoms with Crippen molar-refractivity contribution in [2.75, 3.05) is 13.7 Å². The Kier molecular flexibility index (Phi) is 6.49. The first-order valence-corrected chi connectivity index (χ1v) is 10.3. The Morgan fingerprint density at radius 1 is 1.30 bits per heavy atom. The second-order valence-electron chi connectivity index (χ2n) is 8.48. The highest BCUT2D eigenvalue weighted by atomic mass is 16.5. The van der Waals surface area contributed by atoms with Crippen molar-refractivity contribution in [3.8, 4) is 5.75 Å². The van der Waals surface area contributed by atoms with Crippen LogP contribution in [0.3, 0.4) is 0 Å². The van der Waals surface area contributed by atoms with Crippen molar-refractivity contribution in [1.29, 1.82) is 0 Å². The molecule has 2 aromatic rings. The van der Waals surface area contributed by atoms with E-state index in [9.17, 15) is 9.59 Å². The third-order valence-electron chi connectivity index (χ3n) is 6.52. The summed E-state index contributed by atoms with van der Waals surface area (Å²) >= 11 is 0. The first kappa shape index (κ1) is 21.9. The number of allylic oxidation sites excluding steroid dienone is 2. The maximum Gasteiger partial charge on any atom is 0.336 e. The van der Waals surface area contributed by atoms with E-state index in [4.69, 9.17) is 13.9 Å². The molecule has 1 aromatic heterocycles. The molecule has 3 rings (SSSR count). The van der Waals surface area contributed by atoms with E-state index >= 15 is 0 Å². The molecule has 1 heterocycles. The number of benzene rings is 1. The van der Waals surface area contributed by atoms with Crippen LogP contribution in [0.25, 0.3) is 11.0 Å². The summed E-state index contributed by atoms with van der Waals surface area (Å²) in [5, 5.41) is 0.848. The highest BCUT2D eigenvalue weighted by Crippen LogP contribution is 2.51. The van der Waals surface area contributed by atoms with Gasteiger partial charge in [-0.15, -0.1) is 0 Å². The summed E-state index contributed by atoms with van der Waals surface area (Å²) in [7, 11) is 1.42. The van der Waals surface area contributed by atoms with Crippen LogP contribution >= 0.6 is 0 Å². The van der Waals surface area contributed by atoms with Crippen LogP contribution in [0.5, 0.6) is 5.75 Å². The van der Waals surface area contributed by atoms with Crippen LogP contribution in [0.1, 0.15) is 40.0 Å². The van der Waals surface area contributed by atoms with Gasteiger partial charge < -0.3 is 13.9 Å². The van der Waals surface area contributed by atoms with Gasteiger partial charge >= 0.3 is 11.6 Å². The monoisotopic (exact) mass is 410 g/mol. The molecule has 30 heavy (non-hydrogen) atoms. The fourth-order valence-corrected chi connectivity index (χ4v) is 4.70. The van der Waals surface area contributed by atoms with Gasteiger partial charge in [-0.3, -0.25) is 4.79 Å². The highest BCUT2D eigenvalue weighted by Gasteiger charge is 2.44. The normalized spacial score (nSPS) is 23.7. The minimum Gasteiger partial charge on any atom is -0.493 e. The van der Waals surface area contributed by atoms with Gasteiger partial charge in [0.25, 0.3) is 0 Å². The summed E-state index contributed by atoms with van der Waals surface area (Å²) in [5.74, 6) is 0.829. The van der Waals surface area contributed by atoms with E-state index in [1.165, 1.54) is 18.7 Å². The summed E-state index contributed by atoms with van der Waals surface area (Å²) in [6, 6.07) is 8.65. The lowest BCUT2D eigenvalue weighted by atomic mass is 9.58. The van der Waals surface area contributed by atoms with Gasteiger partial charge in [0.15, 0.2) is 0 Å². The standard InChI is InChI=1S/C25H30O5/c1-16(2)20-10-6-17(3)21(25(20,4)13-12-23(26)28-5)15-29-19-9-7-18-8-11-24(27)30-22(18)14-19/h6-9,11,14,20-21H,1,10,12-13,15H2,2-5H3/t20-,21+,25-/m0/s1. The van der Waals surface area contributed by atoms with Gasteiger partial charge in [-0.2, -0.15) is 0 Å². The average Bonchev–Trinajstić information content (AvgIpc) is 2.71. The van der Waals surface area contributed by atoms with Crippen molar-refractivity contribution >= 4 is 16.9 Å². The van der Waals surface area contributed by atoms with Gasteiger partial charge in [0, 0.05) is 29.9 Å². The molecule has 0 spiro atoms. The number of carbonyl (C=O) groups is 1. The topological polar surface area (TPSA) is 65.7 Å². The van der Waals surface area contributed by atoms with Crippen molar-refractivity contribution in [3.63, 3.8) is 0 Å². The van der Waals surface area contributed by atoms with Crippen LogP contribution in [0.4, 0.5) is 0 Å². The highest BCUT2D eigenvalue weighted by molar-refractivity contribution is 5.77. The molecule has 5 nitrogen and oxygen atoms in total. The molecular weight excluding hydrogens is 380 g/mol. The van der Waals surface area contributed by atoms with Crippen LogP contribution in [0.15, 0.2) is 63.3 Å². The zero-order valence-electron chi connectivity index (χ0n) is 18.2. The molecule has 0 aliphatic heterocycles. The lowest BCUT2D eigenvalue weighted by Crippen LogP contribution is -2.42. The van der Waals surface area contributed by atoms with Crippen LogP contribution in [-0.2, 0) is 9.53 Å². The van der Waals surface area contributed by atoms with E-state index in [1.54, 1.807) is 12.1 Å². The average molecular weight is 411 g/mol. The smallest absolute Gasteiger partial charge is 0.336 e. The van der Waals surface area contributed by atoms with Crippen molar-refractivity contribution in [2.45, 2.75) is 40.0 Å². The summed E-state index contributed by atoms with van der Waals surface area (Å²) in [6.45, 7) is 11.1. The van der Waals surface area contributed by atoms with Gasteiger partial charge in [0.1, 0.15) is 11.3 Å². The Morgan fingerprint density at radius 3 is 2.73 bits per heavy atom. The number of hydrogen-bond acceptors (Lipinski definition) is 5. The SMILES string of the molecule is C=C(C)[C@@H]1CC=C(C)[C@@H](COc2ccc3ccc(=O)oc3c2)[C@@]1(C)CCC(=O)OC. The minimum atomic E-state index is -0.384. The zero-order valence-corrected chi connectivity index (χ0v) is 18.2. The fourth-order valence-electron chi connectivity index (χ4n) is 4.70. The van der Waals surface area contributed by atoms with E-state index in [0.717, 1.165) is 17.4 Å². The molecule has 1 aliphatic carbocycles. The second kappa shape index (κ2) is 8.90. The van der Waals surface area contributed by atoms with Gasteiger partial charge in [0.2, 0.25) is 0 Å². The number of carbonyl (C=O) groups excluding carboxylic acids is 1. The summed E-state index contributed by atoms with van der Waals surface area (Å²) in [6.07, 6.45) is 4.23. The number of esters is 1. The lowest BCUT2D eigenvalue weighted by molar-refractivity contribution is -0.141. The fraction of sp³-hybridized carbons (Fsp3) is 0.440. The quantitative estimate of drug-likeness (QED) is 0.352. The Hall–Kier alpha value is -2.82. The van der Waals surface area contributed by atoms with E-state index in [0.29, 0.717) is 30.8 Å². The molecule has 0 fully saturated rings. The van der Waals surface area contributed by atoms with E-state index in [2.05, 4.69) is 33.4 Å². The van der Waals surface area contributed by atoms with Gasteiger partial charge in [-0.05, 0) is 56.2 Å². The van der Waals surface area contributed by atoms with Crippen LogP contribution in [0, 0.1) is 17.3 Å². The molecule has 160 valence electrons. The molecule has 1 aromatic carbocycles. The summed E-state index contributed by atoms with van der Waals surface area (Å²) < 4.78 is 16.3. The molecule has 3 atom stereocenters. The zero-order chi connectivity index (χ0) is 21.9. The number of fused-ring (bicyclic) bond motifs is 1. The van der Waals surface area contributed by atoms with Crippen molar-refractivity contribution in [3.05, 3.63) is 64.6 Å². The van der Waals surface area contributed by atoms with Crippen LogP contribution in [0.2, 0.25) is 0 Å². The van der Waals surface area contributed by atoms with Gasteiger partial charge in [0.05, 0.1) is 13.7 Å². The Morgan fingerprint density at radius 2 is 2.03 bits per heavy atom. The Bertz CT molecular complexity index is 1030. The molecule has 5 heteroatoms. The molecule has 0 saturated carbocycles. The van der Waals surface area contributed by atoms with Crippen molar-refractivity contribution < 1.29 is 18.7 Å². The number of rotatable bonds is 7. The first-order valence-electron chi connectivity index (χ1n) is 10.3. The molecule has 0 radical (unpaired) electrons. The molecule has 0 amide bonds. The van der Waals surface area contributed by atoms with Gasteiger partial charge in [-0.1, -0.05) is 30.7 Å². The lowest BCUT2D eigenvalue weighted by Gasteiger charge is -2.47. The van der Waals surface area contributed by atoms with Crippen molar-refractivity contribution in [1.82, 2.24) is 0 Å². The Balaban J connectivity index is 1.85. The van der Waals surface area contributed by atoms with E-state index in [-0.39, 0.29) is 28.8 Å². The molecule has 0 N–H and O–H groups in total. The maximum absolute atomic E-state index is 11.9. The van der Waals surface area contributed by atoms with Crippen LogP contribution < -0.4 is 10.4 Å².